The number of rotatable bonds is 4. The smallest absolute Gasteiger partial charge is 0.146 e. The SMILES string of the molecule is CC(C)CN(C)Cc1cccc(F)c1N. The van der Waals surface area contributed by atoms with Crippen molar-refractivity contribution in [3.05, 3.63) is 29.6 Å². The molecule has 0 unspecified atom stereocenters. The predicted molar refractivity (Wildman–Crippen MR) is 62.0 cm³/mol. The fourth-order valence-electron chi connectivity index (χ4n) is 1.70. The van der Waals surface area contributed by atoms with E-state index >= 15 is 0 Å². The van der Waals surface area contributed by atoms with Crippen molar-refractivity contribution in [3.8, 4) is 0 Å². The van der Waals surface area contributed by atoms with Crippen molar-refractivity contribution in [2.75, 3.05) is 19.3 Å². The lowest BCUT2D eigenvalue weighted by molar-refractivity contribution is 0.288. The third kappa shape index (κ3) is 3.51. The molecule has 15 heavy (non-hydrogen) atoms. The van der Waals surface area contributed by atoms with Crippen molar-refractivity contribution in [1.82, 2.24) is 4.90 Å². The zero-order chi connectivity index (χ0) is 11.4. The molecule has 0 aromatic heterocycles. The monoisotopic (exact) mass is 210 g/mol. The van der Waals surface area contributed by atoms with Crippen LogP contribution in [0.25, 0.3) is 0 Å². The molecule has 2 N–H and O–H groups in total. The van der Waals surface area contributed by atoms with Crippen molar-refractivity contribution in [2.45, 2.75) is 20.4 Å². The quantitative estimate of drug-likeness (QED) is 0.774. The van der Waals surface area contributed by atoms with Gasteiger partial charge in [0, 0.05) is 13.1 Å². The molecular weight excluding hydrogens is 191 g/mol. The molecule has 84 valence electrons. The molecule has 0 radical (unpaired) electrons. The van der Waals surface area contributed by atoms with Crippen LogP contribution in [-0.2, 0) is 6.54 Å². The lowest BCUT2D eigenvalue weighted by atomic mass is 10.1. The highest BCUT2D eigenvalue weighted by Gasteiger charge is 2.07. The zero-order valence-corrected chi connectivity index (χ0v) is 9.63. The van der Waals surface area contributed by atoms with Crippen LogP contribution in [0.15, 0.2) is 18.2 Å². The van der Waals surface area contributed by atoms with Gasteiger partial charge in [-0.25, -0.2) is 4.39 Å². The molecule has 0 atom stereocenters. The second-order valence-corrected chi connectivity index (χ2v) is 4.40. The highest BCUT2D eigenvalue weighted by Crippen LogP contribution is 2.17. The zero-order valence-electron chi connectivity index (χ0n) is 9.63. The number of benzene rings is 1. The summed E-state index contributed by atoms with van der Waals surface area (Å²) >= 11 is 0. The normalized spacial score (nSPS) is 11.3. The minimum absolute atomic E-state index is 0.271. The maximum Gasteiger partial charge on any atom is 0.146 e. The average molecular weight is 210 g/mol. The molecule has 0 aliphatic heterocycles. The molecule has 0 aliphatic carbocycles. The van der Waals surface area contributed by atoms with E-state index in [0.29, 0.717) is 12.5 Å². The first-order chi connectivity index (χ1) is 7.00. The third-order valence-corrected chi connectivity index (χ3v) is 2.26. The van der Waals surface area contributed by atoms with Crippen molar-refractivity contribution in [3.63, 3.8) is 0 Å². The van der Waals surface area contributed by atoms with Crippen LogP contribution in [0.4, 0.5) is 10.1 Å². The van der Waals surface area contributed by atoms with Crippen molar-refractivity contribution in [1.29, 1.82) is 0 Å². The van der Waals surface area contributed by atoms with Crippen LogP contribution < -0.4 is 5.73 Å². The molecular formula is C12H19FN2. The Labute approximate surface area is 90.9 Å². The van der Waals surface area contributed by atoms with E-state index in [0.717, 1.165) is 12.1 Å². The first-order valence-corrected chi connectivity index (χ1v) is 5.22. The number of nitrogen functional groups attached to an aromatic ring is 1. The summed E-state index contributed by atoms with van der Waals surface area (Å²) < 4.78 is 13.1. The van der Waals surface area contributed by atoms with Crippen LogP contribution in [-0.4, -0.2) is 18.5 Å². The first kappa shape index (κ1) is 12.0. The van der Waals surface area contributed by atoms with E-state index in [1.165, 1.54) is 6.07 Å². The molecule has 2 nitrogen and oxygen atoms in total. The van der Waals surface area contributed by atoms with Crippen molar-refractivity contribution in [2.24, 2.45) is 5.92 Å². The molecule has 3 heteroatoms. The van der Waals surface area contributed by atoms with Gasteiger partial charge in [0.2, 0.25) is 0 Å². The minimum Gasteiger partial charge on any atom is -0.396 e. The van der Waals surface area contributed by atoms with E-state index in [2.05, 4.69) is 18.7 Å². The minimum atomic E-state index is -0.328. The highest BCUT2D eigenvalue weighted by atomic mass is 19.1. The molecule has 0 bridgehead atoms. The Morgan fingerprint density at radius 1 is 1.40 bits per heavy atom. The molecule has 0 aliphatic rings. The lowest BCUT2D eigenvalue weighted by Gasteiger charge is -2.19. The second kappa shape index (κ2) is 5.12. The van der Waals surface area contributed by atoms with Crippen LogP contribution >= 0.6 is 0 Å². The number of hydrogen-bond donors (Lipinski definition) is 1. The Kier molecular flexibility index (Phi) is 4.09. The second-order valence-electron chi connectivity index (χ2n) is 4.40. The molecule has 1 aromatic rings. The summed E-state index contributed by atoms with van der Waals surface area (Å²) in [5.41, 5.74) is 6.79. The predicted octanol–water partition coefficient (Wildman–Crippen LogP) is 2.50. The largest absolute Gasteiger partial charge is 0.396 e. The van der Waals surface area contributed by atoms with E-state index in [4.69, 9.17) is 5.73 Å². The van der Waals surface area contributed by atoms with Crippen LogP contribution in [0.2, 0.25) is 0 Å². The number of nitrogens with two attached hydrogens (primary N) is 1. The number of para-hydroxylation sites is 1. The Morgan fingerprint density at radius 3 is 2.67 bits per heavy atom. The summed E-state index contributed by atoms with van der Waals surface area (Å²) in [5.74, 6) is 0.273. The van der Waals surface area contributed by atoms with Crippen LogP contribution in [0.1, 0.15) is 19.4 Å². The van der Waals surface area contributed by atoms with Crippen LogP contribution in [0, 0.1) is 11.7 Å². The molecule has 0 saturated carbocycles. The van der Waals surface area contributed by atoms with E-state index in [1.807, 2.05) is 13.1 Å². The van der Waals surface area contributed by atoms with Gasteiger partial charge in [0.25, 0.3) is 0 Å². The van der Waals surface area contributed by atoms with Crippen LogP contribution in [0.3, 0.4) is 0 Å². The van der Waals surface area contributed by atoms with Gasteiger partial charge in [-0.15, -0.1) is 0 Å². The highest BCUT2D eigenvalue weighted by molar-refractivity contribution is 5.47. The van der Waals surface area contributed by atoms with Gasteiger partial charge in [-0.1, -0.05) is 26.0 Å². The summed E-state index contributed by atoms with van der Waals surface area (Å²) in [7, 11) is 2.02. The molecule has 0 heterocycles. The number of halogens is 1. The lowest BCUT2D eigenvalue weighted by Crippen LogP contribution is -2.23. The van der Waals surface area contributed by atoms with Gasteiger partial charge in [0.15, 0.2) is 0 Å². The van der Waals surface area contributed by atoms with Gasteiger partial charge in [0.1, 0.15) is 5.82 Å². The number of hydrogen-bond acceptors (Lipinski definition) is 2. The standard InChI is InChI=1S/C12H19FN2/c1-9(2)7-15(3)8-10-5-4-6-11(13)12(10)14/h4-6,9H,7-8,14H2,1-3H3. The third-order valence-electron chi connectivity index (χ3n) is 2.26. The van der Waals surface area contributed by atoms with Gasteiger partial charge in [0.05, 0.1) is 5.69 Å². The first-order valence-electron chi connectivity index (χ1n) is 5.22. The molecule has 0 amide bonds. The summed E-state index contributed by atoms with van der Waals surface area (Å²) in [6.07, 6.45) is 0. The van der Waals surface area contributed by atoms with E-state index in [-0.39, 0.29) is 11.5 Å². The van der Waals surface area contributed by atoms with Crippen molar-refractivity contribution < 1.29 is 4.39 Å². The number of anilines is 1. The fourth-order valence-corrected chi connectivity index (χ4v) is 1.70. The van der Waals surface area contributed by atoms with Gasteiger partial charge >= 0.3 is 0 Å². The molecule has 1 rings (SSSR count). The Balaban J connectivity index is 2.68. The topological polar surface area (TPSA) is 29.3 Å². The maximum atomic E-state index is 13.1. The Bertz CT molecular complexity index is 323. The van der Waals surface area contributed by atoms with Gasteiger partial charge in [-0.3, -0.25) is 0 Å². The van der Waals surface area contributed by atoms with Gasteiger partial charge in [-0.05, 0) is 24.6 Å². The molecule has 1 aromatic carbocycles. The molecule has 0 spiro atoms. The molecule has 0 saturated heterocycles. The average Bonchev–Trinajstić information content (AvgIpc) is 2.11. The summed E-state index contributed by atoms with van der Waals surface area (Å²) in [5, 5.41) is 0. The Hall–Kier alpha value is -1.09. The Morgan fingerprint density at radius 2 is 2.07 bits per heavy atom. The van der Waals surface area contributed by atoms with E-state index in [1.54, 1.807) is 6.07 Å². The van der Waals surface area contributed by atoms with Gasteiger partial charge in [-0.2, -0.15) is 0 Å². The molecule has 0 fully saturated rings. The van der Waals surface area contributed by atoms with Crippen molar-refractivity contribution >= 4 is 5.69 Å². The number of nitrogens with zero attached hydrogens (tertiary/aromatic N) is 1. The summed E-state index contributed by atoms with van der Waals surface area (Å²) in [4.78, 5) is 2.15. The fraction of sp³-hybridized carbons (Fsp3) is 0.500. The van der Waals surface area contributed by atoms with E-state index in [9.17, 15) is 4.39 Å². The van der Waals surface area contributed by atoms with E-state index < -0.39 is 0 Å². The van der Waals surface area contributed by atoms with Crippen LogP contribution in [0.5, 0.6) is 0 Å². The maximum absolute atomic E-state index is 13.1. The van der Waals surface area contributed by atoms with Gasteiger partial charge < -0.3 is 10.6 Å². The summed E-state index contributed by atoms with van der Waals surface area (Å²) in [6.45, 7) is 5.99. The summed E-state index contributed by atoms with van der Waals surface area (Å²) in [6, 6.07) is 4.96.